The number of para-hydroxylation sites is 1. The quantitative estimate of drug-likeness (QED) is 0.471. The highest BCUT2D eigenvalue weighted by atomic mass is 35.5. The van der Waals surface area contributed by atoms with Gasteiger partial charge in [0.25, 0.3) is 5.91 Å². The molecule has 1 atom stereocenters. The number of nitrogens with one attached hydrogen (secondary N) is 2. The molecule has 0 saturated carbocycles. The number of amides is 3. The molecule has 1 fully saturated rings. The van der Waals surface area contributed by atoms with Crippen molar-refractivity contribution in [1.82, 2.24) is 5.32 Å². The van der Waals surface area contributed by atoms with Crippen molar-refractivity contribution in [1.29, 1.82) is 0 Å². The molecule has 1 saturated heterocycles. The van der Waals surface area contributed by atoms with Crippen molar-refractivity contribution in [3.63, 3.8) is 0 Å². The largest absolute Gasteiger partial charge is 0.497 e. The zero-order valence-electron chi connectivity index (χ0n) is 18.9. The van der Waals surface area contributed by atoms with Crippen LogP contribution in [0.15, 0.2) is 66.7 Å². The maximum Gasteiger partial charge on any atom is 0.253 e. The molecule has 1 aliphatic heterocycles. The summed E-state index contributed by atoms with van der Waals surface area (Å²) in [5, 5.41) is 6.27. The second-order valence-electron chi connectivity index (χ2n) is 8.05. The van der Waals surface area contributed by atoms with Gasteiger partial charge >= 0.3 is 0 Å². The molecule has 9 heteroatoms. The minimum Gasteiger partial charge on any atom is -0.497 e. The Bertz CT molecular complexity index is 1280. The molecule has 1 aliphatic rings. The van der Waals surface area contributed by atoms with Gasteiger partial charge in [0, 0.05) is 19.5 Å². The zero-order valence-corrected chi connectivity index (χ0v) is 20.4. The molecule has 0 aromatic heterocycles. The number of carbonyl (C=O) groups excluding carboxylic acids is 3. The summed E-state index contributed by atoms with van der Waals surface area (Å²) in [6.07, 6.45) is 0.0267. The molecular weight excluding hydrogens is 489 g/mol. The highest BCUT2D eigenvalue weighted by molar-refractivity contribution is 6.44. The third-order valence-electron chi connectivity index (χ3n) is 5.73. The zero-order chi connectivity index (χ0) is 24.9. The van der Waals surface area contributed by atoms with Gasteiger partial charge in [-0.1, -0.05) is 53.5 Å². The predicted molar refractivity (Wildman–Crippen MR) is 136 cm³/mol. The van der Waals surface area contributed by atoms with E-state index < -0.39 is 5.92 Å². The summed E-state index contributed by atoms with van der Waals surface area (Å²) < 4.78 is 5.21. The second-order valence-corrected chi connectivity index (χ2v) is 8.83. The number of anilines is 2. The fraction of sp³-hybridized carbons (Fsp3) is 0.192. The number of halogens is 2. The van der Waals surface area contributed by atoms with Gasteiger partial charge in [-0.05, 0) is 42.0 Å². The minimum absolute atomic E-state index is 0.0267. The smallest absolute Gasteiger partial charge is 0.253 e. The SMILES string of the molecule is COc1cccc(CNC(=O)c2ccccc2NC(=O)[C@@H]2CC(=O)N(c3cccc(Cl)c3Cl)C2)c1. The number of nitrogens with zero attached hydrogens (tertiary/aromatic N) is 1. The van der Waals surface area contributed by atoms with E-state index in [1.165, 1.54) is 4.90 Å². The number of benzene rings is 3. The Kier molecular flexibility index (Phi) is 7.58. The van der Waals surface area contributed by atoms with E-state index in [2.05, 4.69) is 10.6 Å². The molecule has 3 aromatic rings. The fourth-order valence-corrected chi connectivity index (χ4v) is 4.30. The van der Waals surface area contributed by atoms with Crippen LogP contribution in [0.2, 0.25) is 10.0 Å². The van der Waals surface area contributed by atoms with Gasteiger partial charge in [0.2, 0.25) is 11.8 Å². The topological polar surface area (TPSA) is 87.7 Å². The average molecular weight is 512 g/mol. The Morgan fingerprint density at radius 3 is 2.63 bits per heavy atom. The van der Waals surface area contributed by atoms with Gasteiger partial charge in [-0.3, -0.25) is 14.4 Å². The van der Waals surface area contributed by atoms with Crippen LogP contribution >= 0.6 is 23.2 Å². The Balaban J connectivity index is 1.43. The fourth-order valence-electron chi connectivity index (χ4n) is 3.90. The molecule has 3 aromatic carbocycles. The van der Waals surface area contributed by atoms with Crippen molar-refractivity contribution < 1.29 is 19.1 Å². The van der Waals surface area contributed by atoms with Crippen LogP contribution in [0.1, 0.15) is 22.3 Å². The number of methoxy groups -OCH3 is 1. The molecule has 0 bridgehead atoms. The van der Waals surface area contributed by atoms with Gasteiger partial charge in [0.05, 0.1) is 40.0 Å². The first-order valence-corrected chi connectivity index (χ1v) is 11.7. The first kappa shape index (κ1) is 24.6. The predicted octanol–water partition coefficient (Wildman–Crippen LogP) is 4.92. The van der Waals surface area contributed by atoms with Crippen LogP contribution in [-0.4, -0.2) is 31.4 Å². The Labute approximate surface area is 213 Å². The van der Waals surface area contributed by atoms with Gasteiger partial charge in [0.15, 0.2) is 0 Å². The number of carbonyl (C=O) groups is 3. The third-order valence-corrected chi connectivity index (χ3v) is 6.54. The Hall–Kier alpha value is -3.55. The van der Waals surface area contributed by atoms with Crippen LogP contribution in [0.25, 0.3) is 0 Å². The van der Waals surface area contributed by atoms with E-state index in [1.807, 2.05) is 24.3 Å². The van der Waals surface area contributed by atoms with E-state index in [1.54, 1.807) is 49.6 Å². The van der Waals surface area contributed by atoms with E-state index in [4.69, 9.17) is 27.9 Å². The standard InChI is InChI=1S/C26H23Cl2N3O4/c1-35-18-7-4-6-16(12-18)14-29-26(34)19-8-2-3-10-21(19)30-25(33)17-13-23(32)31(15-17)22-11-5-9-20(27)24(22)28/h2-12,17H,13-15H2,1H3,(H,29,34)(H,30,33)/t17-/m1/s1. The van der Waals surface area contributed by atoms with Crippen molar-refractivity contribution in [2.24, 2.45) is 5.92 Å². The summed E-state index contributed by atoms with van der Waals surface area (Å²) in [4.78, 5) is 40.0. The summed E-state index contributed by atoms with van der Waals surface area (Å²) >= 11 is 12.3. The lowest BCUT2D eigenvalue weighted by Crippen LogP contribution is -2.29. The Morgan fingerprint density at radius 1 is 1.06 bits per heavy atom. The van der Waals surface area contributed by atoms with Crippen molar-refractivity contribution in [2.75, 3.05) is 23.9 Å². The highest BCUT2D eigenvalue weighted by Crippen LogP contribution is 2.36. The molecule has 180 valence electrons. The lowest BCUT2D eigenvalue weighted by molar-refractivity contribution is -0.122. The Morgan fingerprint density at radius 2 is 1.83 bits per heavy atom. The van der Waals surface area contributed by atoms with E-state index in [0.717, 1.165) is 5.56 Å². The van der Waals surface area contributed by atoms with Crippen LogP contribution in [0.5, 0.6) is 5.75 Å². The van der Waals surface area contributed by atoms with Crippen molar-refractivity contribution in [2.45, 2.75) is 13.0 Å². The summed E-state index contributed by atoms with van der Waals surface area (Å²) in [6, 6.07) is 19.1. The minimum atomic E-state index is -0.606. The molecule has 0 radical (unpaired) electrons. The molecule has 2 N–H and O–H groups in total. The molecule has 0 spiro atoms. The lowest BCUT2D eigenvalue weighted by Gasteiger charge is -2.19. The molecule has 1 heterocycles. The molecular formula is C26H23Cl2N3O4. The van der Waals surface area contributed by atoms with Gasteiger partial charge in [-0.15, -0.1) is 0 Å². The molecule has 0 aliphatic carbocycles. The first-order chi connectivity index (χ1) is 16.9. The molecule has 35 heavy (non-hydrogen) atoms. The molecule has 4 rings (SSSR count). The third kappa shape index (κ3) is 5.58. The second kappa shape index (κ2) is 10.8. The number of rotatable bonds is 7. The van der Waals surface area contributed by atoms with Crippen LogP contribution in [-0.2, 0) is 16.1 Å². The van der Waals surface area contributed by atoms with Crippen molar-refractivity contribution in [3.05, 3.63) is 87.9 Å². The van der Waals surface area contributed by atoms with Gasteiger partial charge in [0.1, 0.15) is 5.75 Å². The van der Waals surface area contributed by atoms with E-state index in [9.17, 15) is 14.4 Å². The van der Waals surface area contributed by atoms with Crippen LogP contribution < -0.4 is 20.3 Å². The first-order valence-electron chi connectivity index (χ1n) is 10.9. The lowest BCUT2D eigenvalue weighted by atomic mass is 10.1. The van der Waals surface area contributed by atoms with E-state index >= 15 is 0 Å². The maximum absolute atomic E-state index is 13.0. The van der Waals surface area contributed by atoms with Gasteiger partial charge in [-0.25, -0.2) is 0 Å². The summed E-state index contributed by atoms with van der Waals surface area (Å²) in [5.74, 6) is -0.821. The van der Waals surface area contributed by atoms with Gasteiger partial charge < -0.3 is 20.3 Å². The van der Waals surface area contributed by atoms with E-state index in [-0.39, 0.29) is 35.7 Å². The van der Waals surface area contributed by atoms with Crippen molar-refractivity contribution >= 4 is 52.3 Å². The van der Waals surface area contributed by atoms with Crippen molar-refractivity contribution in [3.8, 4) is 5.75 Å². The van der Waals surface area contributed by atoms with Crippen LogP contribution in [0.4, 0.5) is 11.4 Å². The van der Waals surface area contributed by atoms with Crippen LogP contribution in [0, 0.1) is 5.92 Å². The molecule has 3 amide bonds. The molecule has 7 nitrogen and oxygen atoms in total. The van der Waals surface area contributed by atoms with Gasteiger partial charge in [-0.2, -0.15) is 0 Å². The summed E-state index contributed by atoms with van der Waals surface area (Å²) in [5.41, 5.74) is 2.04. The van der Waals surface area contributed by atoms with E-state index in [0.29, 0.717) is 34.3 Å². The summed E-state index contributed by atoms with van der Waals surface area (Å²) in [7, 11) is 1.58. The number of hydrogen-bond acceptors (Lipinski definition) is 4. The molecule has 0 unspecified atom stereocenters. The summed E-state index contributed by atoms with van der Waals surface area (Å²) in [6.45, 7) is 0.458. The normalized spacial score (nSPS) is 15.1. The monoisotopic (exact) mass is 511 g/mol. The number of ether oxygens (including phenoxy) is 1. The number of hydrogen-bond donors (Lipinski definition) is 2. The maximum atomic E-state index is 13.0. The average Bonchev–Trinajstić information content (AvgIpc) is 3.26. The van der Waals surface area contributed by atoms with Crippen LogP contribution in [0.3, 0.4) is 0 Å². The highest BCUT2D eigenvalue weighted by Gasteiger charge is 2.36.